The number of hydrogen-bond acceptors (Lipinski definition) is 2. The highest BCUT2D eigenvalue weighted by molar-refractivity contribution is 7.81. The van der Waals surface area contributed by atoms with Gasteiger partial charge in [0.15, 0.2) is 0 Å². The van der Waals surface area contributed by atoms with Crippen molar-refractivity contribution in [3.8, 4) is 0 Å². The standard InChI is InChI=1S/C7H15NOS/c1-5(6(8)9)4-7(2,3)10/h5,10H,4H2,1-3H3,(H2,8,9). The van der Waals surface area contributed by atoms with Gasteiger partial charge in [0.05, 0.1) is 0 Å². The Hall–Kier alpha value is -0.180. The van der Waals surface area contributed by atoms with Crippen LogP contribution in [0.3, 0.4) is 0 Å². The maximum absolute atomic E-state index is 10.6. The van der Waals surface area contributed by atoms with E-state index in [1.54, 1.807) is 0 Å². The van der Waals surface area contributed by atoms with Gasteiger partial charge in [-0.25, -0.2) is 0 Å². The predicted molar refractivity (Wildman–Crippen MR) is 46.0 cm³/mol. The molecule has 0 saturated carbocycles. The predicted octanol–water partition coefficient (Wildman–Crippen LogP) is 1.21. The maximum atomic E-state index is 10.6. The van der Waals surface area contributed by atoms with E-state index in [2.05, 4.69) is 12.6 Å². The minimum absolute atomic E-state index is 0.0764. The van der Waals surface area contributed by atoms with Gasteiger partial charge in [-0.15, -0.1) is 0 Å². The number of primary amides is 1. The van der Waals surface area contributed by atoms with Crippen LogP contribution in [-0.2, 0) is 4.79 Å². The van der Waals surface area contributed by atoms with Crippen molar-refractivity contribution in [1.29, 1.82) is 0 Å². The molecule has 0 bridgehead atoms. The second-order valence-corrected chi connectivity index (χ2v) is 4.53. The molecule has 0 aromatic carbocycles. The van der Waals surface area contributed by atoms with Crippen LogP contribution in [0.15, 0.2) is 0 Å². The summed E-state index contributed by atoms with van der Waals surface area (Å²) in [7, 11) is 0. The number of amides is 1. The lowest BCUT2D eigenvalue weighted by molar-refractivity contribution is -0.121. The van der Waals surface area contributed by atoms with Gasteiger partial charge in [0, 0.05) is 10.7 Å². The minimum atomic E-state index is -0.248. The molecule has 0 fully saturated rings. The summed E-state index contributed by atoms with van der Waals surface area (Å²) in [6.07, 6.45) is 0.728. The molecule has 2 nitrogen and oxygen atoms in total. The number of thiol groups is 1. The molecule has 1 atom stereocenters. The van der Waals surface area contributed by atoms with Gasteiger partial charge in [-0.05, 0) is 6.42 Å². The minimum Gasteiger partial charge on any atom is -0.369 e. The van der Waals surface area contributed by atoms with Crippen molar-refractivity contribution in [2.75, 3.05) is 0 Å². The van der Waals surface area contributed by atoms with E-state index in [-0.39, 0.29) is 16.6 Å². The second-order valence-electron chi connectivity index (χ2n) is 3.32. The van der Waals surface area contributed by atoms with E-state index in [9.17, 15) is 4.79 Å². The highest BCUT2D eigenvalue weighted by atomic mass is 32.1. The van der Waals surface area contributed by atoms with Gasteiger partial charge in [-0.2, -0.15) is 12.6 Å². The lowest BCUT2D eigenvalue weighted by Crippen LogP contribution is -2.26. The Balaban J connectivity index is 3.80. The van der Waals surface area contributed by atoms with E-state index in [0.717, 1.165) is 6.42 Å². The molecular weight excluding hydrogens is 146 g/mol. The first-order valence-electron chi connectivity index (χ1n) is 3.34. The summed E-state index contributed by atoms with van der Waals surface area (Å²) in [6, 6.07) is 0. The number of nitrogens with two attached hydrogens (primary N) is 1. The average molecular weight is 161 g/mol. The Kier molecular flexibility index (Phi) is 3.22. The molecule has 0 spiro atoms. The van der Waals surface area contributed by atoms with Crippen molar-refractivity contribution in [3.05, 3.63) is 0 Å². The average Bonchev–Trinajstić information content (AvgIpc) is 1.60. The molecule has 0 aromatic heterocycles. The van der Waals surface area contributed by atoms with Crippen LogP contribution in [0.4, 0.5) is 0 Å². The highest BCUT2D eigenvalue weighted by Gasteiger charge is 2.19. The molecule has 10 heavy (non-hydrogen) atoms. The second kappa shape index (κ2) is 3.28. The lowest BCUT2D eigenvalue weighted by Gasteiger charge is -2.19. The summed E-state index contributed by atoms with van der Waals surface area (Å²) in [5.41, 5.74) is 5.07. The van der Waals surface area contributed by atoms with Crippen LogP contribution >= 0.6 is 12.6 Å². The molecule has 0 heterocycles. The first-order chi connectivity index (χ1) is 4.33. The highest BCUT2D eigenvalue weighted by Crippen LogP contribution is 2.21. The van der Waals surface area contributed by atoms with Gasteiger partial charge >= 0.3 is 0 Å². The third-order valence-electron chi connectivity index (χ3n) is 1.29. The smallest absolute Gasteiger partial charge is 0.220 e. The van der Waals surface area contributed by atoms with Crippen LogP contribution in [0.25, 0.3) is 0 Å². The van der Waals surface area contributed by atoms with Crippen molar-refractivity contribution in [2.24, 2.45) is 11.7 Å². The summed E-state index contributed by atoms with van der Waals surface area (Å²) in [4.78, 5) is 10.6. The maximum Gasteiger partial charge on any atom is 0.220 e. The molecule has 0 aliphatic carbocycles. The summed E-state index contributed by atoms with van der Waals surface area (Å²) >= 11 is 4.28. The number of hydrogen-bond donors (Lipinski definition) is 2. The number of rotatable bonds is 3. The van der Waals surface area contributed by atoms with Crippen LogP contribution in [0.5, 0.6) is 0 Å². The molecule has 0 aromatic rings. The fraction of sp³-hybridized carbons (Fsp3) is 0.857. The van der Waals surface area contributed by atoms with Gasteiger partial charge in [0.1, 0.15) is 0 Å². The topological polar surface area (TPSA) is 43.1 Å². The molecular formula is C7H15NOS. The van der Waals surface area contributed by atoms with E-state index in [1.165, 1.54) is 0 Å². The molecule has 2 N–H and O–H groups in total. The van der Waals surface area contributed by atoms with Crippen LogP contribution in [-0.4, -0.2) is 10.7 Å². The zero-order valence-corrected chi connectivity index (χ0v) is 7.61. The van der Waals surface area contributed by atoms with Crippen molar-refractivity contribution >= 4 is 18.5 Å². The zero-order valence-electron chi connectivity index (χ0n) is 6.72. The Labute approximate surface area is 67.6 Å². The van der Waals surface area contributed by atoms with Gasteiger partial charge in [-0.3, -0.25) is 4.79 Å². The largest absolute Gasteiger partial charge is 0.369 e. The number of carbonyl (C=O) groups is 1. The molecule has 0 saturated heterocycles. The Bertz CT molecular complexity index is 128. The summed E-state index contributed by atoms with van der Waals surface area (Å²) in [5.74, 6) is -0.324. The Morgan fingerprint density at radius 1 is 1.70 bits per heavy atom. The molecule has 0 rings (SSSR count). The van der Waals surface area contributed by atoms with E-state index >= 15 is 0 Å². The molecule has 1 amide bonds. The van der Waals surface area contributed by atoms with Gasteiger partial charge in [0.2, 0.25) is 5.91 Å². The third-order valence-corrected chi connectivity index (χ3v) is 1.47. The van der Waals surface area contributed by atoms with E-state index in [4.69, 9.17) is 5.73 Å². The fourth-order valence-electron chi connectivity index (χ4n) is 0.850. The molecule has 3 heteroatoms. The van der Waals surface area contributed by atoms with Gasteiger partial charge in [0.25, 0.3) is 0 Å². The first kappa shape index (κ1) is 9.82. The lowest BCUT2D eigenvalue weighted by atomic mass is 9.98. The normalized spacial score (nSPS) is 14.8. The summed E-state index contributed by atoms with van der Waals surface area (Å²) in [5, 5.41) is 0. The van der Waals surface area contributed by atoms with Crippen LogP contribution < -0.4 is 5.73 Å². The Morgan fingerprint density at radius 3 is 2.20 bits per heavy atom. The molecule has 1 unspecified atom stereocenters. The third kappa shape index (κ3) is 4.68. The molecule has 60 valence electrons. The fourth-order valence-corrected chi connectivity index (χ4v) is 1.12. The Morgan fingerprint density at radius 2 is 2.10 bits per heavy atom. The van der Waals surface area contributed by atoms with Crippen LogP contribution in [0.2, 0.25) is 0 Å². The first-order valence-corrected chi connectivity index (χ1v) is 3.79. The van der Waals surface area contributed by atoms with Crippen molar-refractivity contribution < 1.29 is 4.79 Å². The van der Waals surface area contributed by atoms with Gasteiger partial charge in [-0.1, -0.05) is 20.8 Å². The number of carbonyl (C=O) groups excluding carboxylic acids is 1. The van der Waals surface area contributed by atoms with E-state index < -0.39 is 0 Å². The molecule has 0 aliphatic rings. The summed E-state index contributed by atoms with van der Waals surface area (Å²) in [6.45, 7) is 5.76. The zero-order chi connectivity index (χ0) is 8.36. The molecule has 0 aliphatic heterocycles. The quantitative estimate of drug-likeness (QED) is 0.600. The monoisotopic (exact) mass is 161 g/mol. The van der Waals surface area contributed by atoms with Crippen molar-refractivity contribution in [1.82, 2.24) is 0 Å². The summed E-state index contributed by atoms with van der Waals surface area (Å²) < 4.78 is -0.103. The van der Waals surface area contributed by atoms with Crippen LogP contribution in [0.1, 0.15) is 27.2 Å². The van der Waals surface area contributed by atoms with E-state index in [0.29, 0.717) is 0 Å². The molecule has 0 radical (unpaired) electrons. The van der Waals surface area contributed by atoms with Crippen LogP contribution in [0, 0.1) is 5.92 Å². The van der Waals surface area contributed by atoms with Crippen molar-refractivity contribution in [2.45, 2.75) is 31.9 Å². The van der Waals surface area contributed by atoms with Gasteiger partial charge < -0.3 is 5.73 Å². The van der Waals surface area contributed by atoms with E-state index in [1.807, 2.05) is 20.8 Å². The van der Waals surface area contributed by atoms with Crippen molar-refractivity contribution in [3.63, 3.8) is 0 Å². The SMILES string of the molecule is CC(CC(C)(C)S)C(N)=O.